The van der Waals surface area contributed by atoms with Gasteiger partial charge in [-0.3, -0.25) is 9.78 Å². The maximum atomic E-state index is 14.1. The number of hydrogen-bond donors (Lipinski definition) is 2. The second-order valence-electron chi connectivity index (χ2n) is 10.9. The second kappa shape index (κ2) is 11.2. The molecule has 0 atom stereocenters. The zero-order valence-corrected chi connectivity index (χ0v) is 23.5. The summed E-state index contributed by atoms with van der Waals surface area (Å²) in [5, 5.41) is 12.7. The maximum Gasteiger partial charge on any atom is 0.430 e. The van der Waals surface area contributed by atoms with Crippen molar-refractivity contribution in [3.63, 3.8) is 0 Å². The van der Waals surface area contributed by atoms with Crippen molar-refractivity contribution in [2.45, 2.75) is 72.2 Å². The third kappa shape index (κ3) is 5.99. The molecule has 2 aromatic carbocycles. The van der Waals surface area contributed by atoms with E-state index < -0.39 is 49.5 Å². The number of aromatic nitrogens is 1. The van der Waals surface area contributed by atoms with Crippen molar-refractivity contribution < 1.29 is 49.1 Å². The van der Waals surface area contributed by atoms with E-state index in [9.17, 15) is 49.1 Å². The molecule has 4 rings (SSSR count). The van der Waals surface area contributed by atoms with Crippen molar-refractivity contribution in [1.29, 1.82) is 0 Å². The van der Waals surface area contributed by atoms with Gasteiger partial charge >= 0.3 is 12.4 Å². The number of halogens is 7. The molecule has 0 radical (unpaired) electrons. The Morgan fingerprint density at radius 3 is 1.86 bits per heavy atom. The minimum absolute atomic E-state index is 0.0277. The van der Waals surface area contributed by atoms with E-state index in [0.29, 0.717) is 17.7 Å². The summed E-state index contributed by atoms with van der Waals surface area (Å²) in [6, 6.07) is 9.66. The Bertz CT molecular complexity index is 1540. The molecule has 1 aliphatic carbocycles. The molecule has 1 amide bonds. The molecule has 1 heterocycles. The summed E-state index contributed by atoms with van der Waals surface area (Å²) in [6.07, 6.45) is -9.37. The van der Waals surface area contributed by atoms with Gasteiger partial charge in [-0.05, 0) is 80.1 Å². The Kier molecular flexibility index (Phi) is 8.44. The number of hydrogen-bond acceptors (Lipinski definition) is 5. The minimum Gasteiger partial charge on any atom is -0.369 e. The fourth-order valence-electron chi connectivity index (χ4n) is 5.45. The van der Waals surface area contributed by atoms with Gasteiger partial charge in [0.05, 0.1) is 11.3 Å². The number of pyridine rings is 1. The zero-order chi connectivity index (χ0) is 31.9. The number of nitrogens with one attached hydrogen (secondary N) is 1. The highest BCUT2D eigenvalue weighted by molar-refractivity contribution is 7.92. The Hall–Kier alpha value is -3.52. The summed E-state index contributed by atoms with van der Waals surface area (Å²) in [5.74, 6) is -1.06. The number of carbonyl (C=O) groups excluding carboxylic acids is 1. The quantitative estimate of drug-likeness (QED) is 0.250. The second-order valence-corrected chi connectivity index (χ2v) is 13.1. The summed E-state index contributed by atoms with van der Waals surface area (Å²) in [5.41, 5.74) is -7.03. The molecular formula is C29H27F7N2O4S. The van der Waals surface area contributed by atoms with Gasteiger partial charge in [-0.15, -0.1) is 0 Å². The normalized spacial score (nSPS) is 21.8. The summed E-state index contributed by atoms with van der Waals surface area (Å²) >= 11 is 0. The first-order chi connectivity index (χ1) is 19.8. The van der Waals surface area contributed by atoms with E-state index in [-0.39, 0.29) is 48.5 Å². The molecule has 0 aliphatic heterocycles. The van der Waals surface area contributed by atoms with Crippen LogP contribution in [0.25, 0.3) is 0 Å². The summed E-state index contributed by atoms with van der Waals surface area (Å²) in [4.78, 5) is 16.4. The molecule has 0 unspecified atom stereocenters. The molecular weight excluding hydrogens is 605 g/mol. The summed E-state index contributed by atoms with van der Waals surface area (Å²) in [7, 11) is -4.42. The standard InChI is InChI=1S/C29H27F7N2O4S/c1-25(38-24(39)18-19-10-16-37-17-11-19)12-14-26(15-13-25,43(41,42)23-8-6-22(30)7-9-23)20-2-4-21(5-3-20)27(40,28(31,32)33)29(34,35)36/h2-11,16-17,40H,12-15,18H2,1H3,(H,38,39). The molecule has 1 fully saturated rings. The lowest BCUT2D eigenvalue weighted by Gasteiger charge is -2.45. The van der Waals surface area contributed by atoms with Crippen LogP contribution in [0.2, 0.25) is 0 Å². The molecule has 43 heavy (non-hydrogen) atoms. The number of amides is 1. The summed E-state index contributed by atoms with van der Waals surface area (Å²) in [6.45, 7) is 1.71. The molecule has 3 aromatic rings. The van der Waals surface area contributed by atoms with Crippen LogP contribution < -0.4 is 5.32 Å². The van der Waals surface area contributed by atoms with Crippen LogP contribution in [0, 0.1) is 5.82 Å². The first-order valence-corrected chi connectivity index (χ1v) is 14.5. The number of rotatable bonds is 7. The fraction of sp³-hybridized carbons (Fsp3) is 0.379. The van der Waals surface area contributed by atoms with Gasteiger partial charge in [0.1, 0.15) is 10.6 Å². The van der Waals surface area contributed by atoms with E-state index in [1.807, 2.05) is 0 Å². The van der Waals surface area contributed by atoms with E-state index in [0.717, 1.165) is 36.4 Å². The van der Waals surface area contributed by atoms with Crippen LogP contribution in [0.4, 0.5) is 30.7 Å². The lowest BCUT2D eigenvalue weighted by Crippen LogP contribution is -2.54. The number of benzene rings is 2. The lowest BCUT2D eigenvalue weighted by atomic mass is 9.74. The molecule has 1 aromatic heterocycles. The Morgan fingerprint density at radius 2 is 1.37 bits per heavy atom. The van der Waals surface area contributed by atoms with Gasteiger partial charge in [0, 0.05) is 23.5 Å². The van der Waals surface area contributed by atoms with Gasteiger partial charge in [-0.25, -0.2) is 12.8 Å². The number of aliphatic hydroxyl groups is 1. The van der Waals surface area contributed by atoms with E-state index in [1.54, 1.807) is 19.1 Å². The maximum absolute atomic E-state index is 14.1. The summed E-state index contributed by atoms with van der Waals surface area (Å²) < 4.78 is 121. The van der Waals surface area contributed by atoms with Crippen molar-refractivity contribution in [3.05, 3.63) is 95.6 Å². The average molecular weight is 633 g/mol. The van der Waals surface area contributed by atoms with Gasteiger partial charge < -0.3 is 10.4 Å². The van der Waals surface area contributed by atoms with Crippen LogP contribution in [0.1, 0.15) is 49.3 Å². The van der Waals surface area contributed by atoms with E-state index in [1.165, 1.54) is 12.4 Å². The van der Waals surface area contributed by atoms with Gasteiger partial charge in [0.25, 0.3) is 5.60 Å². The Labute approximate surface area is 242 Å². The molecule has 1 aliphatic rings. The van der Waals surface area contributed by atoms with Crippen molar-refractivity contribution in [2.24, 2.45) is 0 Å². The zero-order valence-electron chi connectivity index (χ0n) is 22.6. The van der Waals surface area contributed by atoms with Crippen LogP contribution in [0.3, 0.4) is 0 Å². The predicted octanol–water partition coefficient (Wildman–Crippen LogP) is 5.89. The third-order valence-corrected chi connectivity index (χ3v) is 10.6. The van der Waals surface area contributed by atoms with E-state index in [2.05, 4.69) is 10.3 Å². The number of sulfone groups is 1. The van der Waals surface area contributed by atoms with Gasteiger partial charge in [0.15, 0.2) is 9.84 Å². The van der Waals surface area contributed by atoms with Crippen LogP contribution in [0.15, 0.2) is 78.0 Å². The molecule has 6 nitrogen and oxygen atoms in total. The van der Waals surface area contributed by atoms with Gasteiger partial charge in [-0.1, -0.05) is 24.3 Å². The predicted molar refractivity (Wildman–Crippen MR) is 141 cm³/mol. The third-order valence-electron chi connectivity index (χ3n) is 8.00. The number of nitrogens with zero attached hydrogens (tertiary/aromatic N) is 1. The molecule has 2 N–H and O–H groups in total. The molecule has 1 saturated carbocycles. The monoisotopic (exact) mass is 632 g/mol. The van der Waals surface area contributed by atoms with Crippen LogP contribution in [0.5, 0.6) is 0 Å². The Balaban J connectivity index is 1.72. The van der Waals surface area contributed by atoms with Crippen molar-refractivity contribution >= 4 is 15.7 Å². The SMILES string of the molecule is CC1(NC(=O)Cc2ccncc2)CCC(c2ccc(C(O)(C(F)(F)F)C(F)(F)F)cc2)(S(=O)(=O)c2ccc(F)cc2)CC1. The largest absolute Gasteiger partial charge is 0.430 e. The molecule has 14 heteroatoms. The molecule has 0 saturated heterocycles. The van der Waals surface area contributed by atoms with E-state index in [4.69, 9.17) is 0 Å². The highest BCUT2D eigenvalue weighted by atomic mass is 32.2. The topological polar surface area (TPSA) is 96.4 Å². The minimum atomic E-state index is -6.12. The fourth-order valence-corrected chi connectivity index (χ4v) is 7.59. The van der Waals surface area contributed by atoms with Crippen LogP contribution >= 0.6 is 0 Å². The lowest BCUT2D eigenvalue weighted by molar-refractivity contribution is -0.376. The van der Waals surface area contributed by atoms with Gasteiger partial charge in [-0.2, -0.15) is 26.3 Å². The first-order valence-electron chi connectivity index (χ1n) is 13.0. The van der Waals surface area contributed by atoms with Crippen molar-refractivity contribution in [3.8, 4) is 0 Å². The molecule has 232 valence electrons. The number of alkyl halides is 6. The smallest absolute Gasteiger partial charge is 0.369 e. The Morgan fingerprint density at radius 1 is 0.860 bits per heavy atom. The average Bonchev–Trinajstić information content (AvgIpc) is 2.92. The highest BCUT2D eigenvalue weighted by Gasteiger charge is 2.71. The van der Waals surface area contributed by atoms with E-state index >= 15 is 0 Å². The van der Waals surface area contributed by atoms with Gasteiger partial charge in [0.2, 0.25) is 5.91 Å². The number of carbonyl (C=O) groups is 1. The highest BCUT2D eigenvalue weighted by Crippen LogP contribution is 2.52. The van der Waals surface area contributed by atoms with Crippen LogP contribution in [-0.2, 0) is 31.4 Å². The van der Waals surface area contributed by atoms with Crippen LogP contribution in [-0.4, -0.2) is 42.3 Å². The van der Waals surface area contributed by atoms with Crippen molar-refractivity contribution in [1.82, 2.24) is 10.3 Å². The first kappa shape index (κ1) is 32.4. The molecule has 0 spiro atoms. The van der Waals surface area contributed by atoms with Crippen molar-refractivity contribution in [2.75, 3.05) is 0 Å². The molecule has 0 bridgehead atoms.